The molecule has 0 N–H and O–H groups in total. The Bertz CT molecular complexity index is 629. The number of carboxylic acid groups (broad SMARTS) is 1. The Morgan fingerprint density at radius 1 is 1.47 bits per heavy atom. The molecule has 0 aliphatic carbocycles. The summed E-state index contributed by atoms with van der Waals surface area (Å²) in [6, 6.07) is 0.994. The Morgan fingerprint density at radius 2 is 2.11 bits per heavy atom. The molecule has 0 bridgehead atoms. The number of hydrogen-bond acceptors (Lipinski definition) is 4. The molecule has 0 fully saturated rings. The number of aromatic nitrogens is 3. The zero-order valence-corrected chi connectivity index (χ0v) is 11.1. The van der Waals surface area contributed by atoms with E-state index in [1.54, 1.807) is 0 Å². The van der Waals surface area contributed by atoms with Crippen molar-refractivity contribution in [1.29, 1.82) is 0 Å². The summed E-state index contributed by atoms with van der Waals surface area (Å²) in [7, 11) is 0. The van der Waals surface area contributed by atoms with Gasteiger partial charge in [0.05, 0.1) is 22.6 Å². The average Bonchev–Trinajstić information content (AvgIpc) is 2.53. The van der Waals surface area contributed by atoms with Crippen LogP contribution in [-0.4, -0.2) is 26.9 Å². The van der Waals surface area contributed by atoms with E-state index in [2.05, 4.69) is 26.0 Å². The van der Waals surface area contributed by atoms with Crippen LogP contribution in [0, 0.1) is 0 Å². The summed E-state index contributed by atoms with van der Waals surface area (Å²) >= 11 is 2.98. The summed E-state index contributed by atoms with van der Waals surface area (Å²) in [5.41, 5.74) is -0.424. The molecule has 2 heterocycles. The van der Waals surface area contributed by atoms with Crippen molar-refractivity contribution < 1.29 is 41.9 Å². The minimum atomic E-state index is -4.46. The maximum atomic E-state index is 12.3. The Morgan fingerprint density at radius 3 is 2.63 bits per heavy atom. The van der Waals surface area contributed by atoms with E-state index in [1.165, 1.54) is 0 Å². The van der Waals surface area contributed by atoms with E-state index in [0.717, 1.165) is 12.3 Å². The van der Waals surface area contributed by atoms with Crippen LogP contribution in [0.1, 0.15) is 10.5 Å². The number of alkyl halides is 3. The zero-order chi connectivity index (χ0) is 13.5. The molecule has 2 aromatic rings. The molecule has 0 aliphatic heterocycles. The van der Waals surface area contributed by atoms with Crippen LogP contribution in [0.25, 0.3) is 10.9 Å². The van der Waals surface area contributed by atoms with Gasteiger partial charge in [-0.25, -0.2) is 0 Å². The molecule has 0 spiro atoms. The van der Waals surface area contributed by atoms with E-state index in [1.807, 2.05) is 0 Å². The maximum absolute atomic E-state index is 12.3. The molecule has 0 saturated heterocycles. The Balaban J connectivity index is 0.00000180. The summed E-state index contributed by atoms with van der Waals surface area (Å²) < 4.78 is 37.8. The van der Waals surface area contributed by atoms with Crippen molar-refractivity contribution in [2.45, 2.75) is 12.7 Å². The summed E-state index contributed by atoms with van der Waals surface area (Å²) in [4.78, 5) is 14.2. The van der Waals surface area contributed by atoms with Gasteiger partial charge in [0.2, 0.25) is 0 Å². The predicted octanol–water partition coefficient (Wildman–Crippen LogP) is -1.88. The number of carboxylic acids is 1. The van der Waals surface area contributed by atoms with E-state index < -0.39 is 24.4 Å². The van der Waals surface area contributed by atoms with Gasteiger partial charge in [0, 0.05) is 6.20 Å². The molecule has 0 atom stereocenters. The predicted molar refractivity (Wildman–Crippen MR) is 55.6 cm³/mol. The molecule has 5 nitrogen and oxygen atoms in total. The number of aromatic carboxylic acids is 1. The SMILES string of the molecule is O=C([O-])c1cc2c(cn1)c(Br)nn2CC(F)(F)F.[Li+]. The Kier molecular flexibility index (Phi) is 4.66. The topological polar surface area (TPSA) is 70.8 Å². The molecule has 0 aromatic carbocycles. The fourth-order valence-corrected chi connectivity index (χ4v) is 1.93. The van der Waals surface area contributed by atoms with Gasteiger partial charge in [-0.15, -0.1) is 0 Å². The number of halogens is 4. The van der Waals surface area contributed by atoms with Gasteiger partial charge in [-0.2, -0.15) is 18.3 Å². The third-order valence-corrected chi connectivity index (χ3v) is 2.71. The summed E-state index contributed by atoms with van der Waals surface area (Å²) in [6.07, 6.45) is -3.33. The molecule has 96 valence electrons. The number of nitrogens with zero attached hydrogens (tertiary/aromatic N) is 3. The van der Waals surface area contributed by atoms with Gasteiger partial charge in [0.1, 0.15) is 11.1 Å². The third kappa shape index (κ3) is 3.49. The number of fused-ring (bicyclic) bond motifs is 1. The van der Waals surface area contributed by atoms with Gasteiger partial charge in [0.25, 0.3) is 0 Å². The molecule has 10 heteroatoms. The molecule has 0 amide bonds. The quantitative estimate of drug-likeness (QED) is 0.605. The second-order valence-corrected chi connectivity index (χ2v) is 4.19. The largest absolute Gasteiger partial charge is 1.00 e. The number of pyridine rings is 1. The fourth-order valence-electron chi connectivity index (χ4n) is 1.43. The zero-order valence-electron chi connectivity index (χ0n) is 9.53. The van der Waals surface area contributed by atoms with E-state index >= 15 is 0 Å². The van der Waals surface area contributed by atoms with Crippen LogP contribution in [0.3, 0.4) is 0 Å². The summed E-state index contributed by atoms with van der Waals surface area (Å²) in [5.74, 6) is -1.56. The van der Waals surface area contributed by atoms with Crippen molar-refractivity contribution in [2.24, 2.45) is 0 Å². The standard InChI is InChI=1S/C9H5BrF3N3O2.Li/c10-7-4-2-14-5(8(17)18)1-6(4)16(15-7)3-9(11,12)13;/h1-2H,3H2,(H,17,18);/q;+1/p-1. The van der Waals surface area contributed by atoms with Crippen LogP contribution in [0.5, 0.6) is 0 Å². The first-order chi connectivity index (χ1) is 8.28. The molecule has 19 heavy (non-hydrogen) atoms. The van der Waals surface area contributed by atoms with Gasteiger partial charge in [-0.05, 0) is 22.0 Å². The smallest absolute Gasteiger partial charge is 0.543 e. The second-order valence-electron chi connectivity index (χ2n) is 3.44. The van der Waals surface area contributed by atoms with Gasteiger partial charge >= 0.3 is 25.0 Å². The molecule has 0 radical (unpaired) electrons. The second kappa shape index (κ2) is 5.52. The molecule has 0 saturated carbocycles. The van der Waals surface area contributed by atoms with E-state index in [0.29, 0.717) is 10.1 Å². The maximum Gasteiger partial charge on any atom is 1.00 e. The fraction of sp³-hybridized carbons (Fsp3) is 0.222. The number of carbonyl (C=O) groups is 1. The first kappa shape index (κ1) is 16.0. The molecule has 2 rings (SSSR count). The van der Waals surface area contributed by atoms with Crippen LogP contribution in [0.4, 0.5) is 13.2 Å². The average molecular weight is 330 g/mol. The van der Waals surface area contributed by atoms with Gasteiger partial charge in [-0.3, -0.25) is 9.67 Å². The van der Waals surface area contributed by atoms with Crippen LogP contribution in [0.15, 0.2) is 16.9 Å². The van der Waals surface area contributed by atoms with E-state index in [9.17, 15) is 23.1 Å². The minimum absolute atomic E-state index is 0. The van der Waals surface area contributed by atoms with Crippen molar-refractivity contribution in [2.75, 3.05) is 0 Å². The Labute approximate surface area is 125 Å². The van der Waals surface area contributed by atoms with E-state index in [4.69, 9.17) is 0 Å². The minimum Gasteiger partial charge on any atom is -0.543 e. The van der Waals surface area contributed by atoms with Crippen molar-refractivity contribution >= 4 is 32.8 Å². The first-order valence-corrected chi connectivity index (χ1v) is 5.37. The number of carbonyl (C=O) groups excluding carboxylic acids is 1. The first-order valence-electron chi connectivity index (χ1n) is 4.58. The Hall–Kier alpha value is -1.04. The number of rotatable bonds is 2. The van der Waals surface area contributed by atoms with Gasteiger partial charge in [-0.1, -0.05) is 0 Å². The number of hydrogen-bond donors (Lipinski definition) is 0. The van der Waals surface area contributed by atoms with Crippen molar-refractivity contribution in [3.63, 3.8) is 0 Å². The van der Waals surface area contributed by atoms with Crippen molar-refractivity contribution in [3.05, 3.63) is 22.6 Å². The van der Waals surface area contributed by atoms with E-state index in [-0.39, 0.29) is 29.0 Å². The molecular formula is C9H4BrF3LiN3O2. The van der Waals surface area contributed by atoms with Crippen LogP contribution in [0.2, 0.25) is 0 Å². The van der Waals surface area contributed by atoms with Crippen molar-refractivity contribution in [3.8, 4) is 0 Å². The van der Waals surface area contributed by atoms with Gasteiger partial charge < -0.3 is 9.90 Å². The monoisotopic (exact) mass is 329 g/mol. The van der Waals surface area contributed by atoms with Gasteiger partial charge in [0.15, 0.2) is 0 Å². The molecule has 0 aliphatic rings. The third-order valence-electron chi connectivity index (χ3n) is 2.13. The summed E-state index contributed by atoms with van der Waals surface area (Å²) in [5, 5.41) is 14.5. The molecular weight excluding hydrogens is 326 g/mol. The van der Waals surface area contributed by atoms with Crippen LogP contribution in [-0.2, 0) is 6.54 Å². The van der Waals surface area contributed by atoms with Crippen LogP contribution >= 0.6 is 15.9 Å². The van der Waals surface area contributed by atoms with Crippen molar-refractivity contribution in [1.82, 2.24) is 14.8 Å². The summed E-state index contributed by atoms with van der Waals surface area (Å²) in [6.45, 7) is -1.31. The van der Waals surface area contributed by atoms with Crippen LogP contribution < -0.4 is 24.0 Å². The normalized spacial score (nSPS) is 11.4. The molecule has 0 unspecified atom stereocenters. The molecule has 2 aromatic heterocycles.